The zero-order valence-electron chi connectivity index (χ0n) is 9.29. The lowest BCUT2D eigenvalue weighted by Gasteiger charge is -2.27. The van der Waals surface area contributed by atoms with E-state index in [1.165, 1.54) is 0 Å². The first-order valence-electron chi connectivity index (χ1n) is 5.39. The molecule has 0 spiro atoms. The van der Waals surface area contributed by atoms with E-state index in [2.05, 4.69) is 20.8 Å². The summed E-state index contributed by atoms with van der Waals surface area (Å²) in [6.45, 7) is 6.27. The SMILES string of the molecule is CC(C)CS(=O)C1CC(=O)CCC1C. The highest BCUT2D eigenvalue weighted by molar-refractivity contribution is 7.85. The summed E-state index contributed by atoms with van der Waals surface area (Å²) in [6, 6.07) is 0. The molecular formula is C11H20O2S. The Bertz CT molecular complexity index is 235. The van der Waals surface area contributed by atoms with E-state index in [1.54, 1.807) is 0 Å². The third kappa shape index (κ3) is 3.19. The molecule has 0 aliphatic heterocycles. The monoisotopic (exact) mass is 216 g/mol. The number of hydrogen-bond donors (Lipinski definition) is 0. The van der Waals surface area contributed by atoms with E-state index in [-0.39, 0.29) is 5.25 Å². The van der Waals surface area contributed by atoms with Gasteiger partial charge in [0.05, 0.1) is 0 Å². The van der Waals surface area contributed by atoms with Gasteiger partial charge in [-0.15, -0.1) is 0 Å². The number of rotatable bonds is 3. The molecule has 1 aliphatic carbocycles. The van der Waals surface area contributed by atoms with Gasteiger partial charge < -0.3 is 0 Å². The van der Waals surface area contributed by atoms with Gasteiger partial charge in [0.25, 0.3) is 0 Å². The lowest BCUT2D eigenvalue weighted by atomic mass is 9.89. The number of carbonyl (C=O) groups excluding carboxylic acids is 1. The van der Waals surface area contributed by atoms with Gasteiger partial charge in [-0.3, -0.25) is 9.00 Å². The van der Waals surface area contributed by atoms with E-state index < -0.39 is 10.8 Å². The summed E-state index contributed by atoms with van der Waals surface area (Å²) in [5, 5.41) is 0.124. The van der Waals surface area contributed by atoms with Crippen LogP contribution in [0.1, 0.15) is 40.0 Å². The third-order valence-electron chi connectivity index (χ3n) is 2.78. The van der Waals surface area contributed by atoms with Crippen LogP contribution in [0.25, 0.3) is 0 Å². The molecule has 0 amide bonds. The van der Waals surface area contributed by atoms with Crippen molar-refractivity contribution >= 4 is 16.6 Å². The quantitative estimate of drug-likeness (QED) is 0.724. The van der Waals surface area contributed by atoms with E-state index in [0.717, 1.165) is 12.2 Å². The van der Waals surface area contributed by atoms with Crippen molar-refractivity contribution in [2.45, 2.75) is 45.3 Å². The summed E-state index contributed by atoms with van der Waals surface area (Å²) in [5.74, 6) is 1.94. The van der Waals surface area contributed by atoms with Gasteiger partial charge in [-0.1, -0.05) is 20.8 Å². The van der Waals surface area contributed by atoms with Crippen molar-refractivity contribution in [1.82, 2.24) is 0 Å². The first kappa shape index (κ1) is 11.9. The minimum Gasteiger partial charge on any atom is -0.300 e. The molecule has 0 bridgehead atoms. The fourth-order valence-electron chi connectivity index (χ4n) is 1.91. The molecule has 1 rings (SSSR count). The first-order chi connectivity index (χ1) is 6.50. The highest BCUT2D eigenvalue weighted by Gasteiger charge is 2.30. The van der Waals surface area contributed by atoms with Crippen LogP contribution in [0.3, 0.4) is 0 Å². The van der Waals surface area contributed by atoms with Crippen molar-refractivity contribution in [3.63, 3.8) is 0 Å². The van der Waals surface area contributed by atoms with Gasteiger partial charge in [0, 0.05) is 34.6 Å². The van der Waals surface area contributed by atoms with Crippen LogP contribution in [0.5, 0.6) is 0 Å². The van der Waals surface area contributed by atoms with Crippen molar-refractivity contribution in [3.05, 3.63) is 0 Å². The normalized spacial score (nSPS) is 30.7. The molecule has 0 heterocycles. The summed E-state index contributed by atoms with van der Waals surface area (Å²) in [6.07, 6.45) is 2.16. The highest BCUT2D eigenvalue weighted by atomic mass is 32.2. The van der Waals surface area contributed by atoms with Gasteiger partial charge in [-0.05, 0) is 18.3 Å². The Kier molecular flexibility index (Phi) is 4.30. The van der Waals surface area contributed by atoms with Gasteiger partial charge in [0.2, 0.25) is 0 Å². The van der Waals surface area contributed by atoms with Crippen LogP contribution in [0.15, 0.2) is 0 Å². The maximum atomic E-state index is 11.9. The van der Waals surface area contributed by atoms with E-state index in [9.17, 15) is 9.00 Å². The van der Waals surface area contributed by atoms with Gasteiger partial charge in [-0.25, -0.2) is 0 Å². The lowest BCUT2D eigenvalue weighted by Crippen LogP contribution is -2.33. The summed E-state index contributed by atoms with van der Waals surface area (Å²) >= 11 is 0. The molecule has 0 aromatic heterocycles. The minimum atomic E-state index is -0.808. The molecule has 14 heavy (non-hydrogen) atoms. The van der Waals surface area contributed by atoms with Crippen molar-refractivity contribution in [2.24, 2.45) is 11.8 Å². The molecule has 3 unspecified atom stereocenters. The second-order valence-corrected chi connectivity index (χ2v) is 6.44. The number of hydrogen-bond acceptors (Lipinski definition) is 2. The van der Waals surface area contributed by atoms with Crippen LogP contribution in [0, 0.1) is 11.8 Å². The van der Waals surface area contributed by atoms with Crippen molar-refractivity contribution in [2.75, 3.05) is 5.75 Å². The predicted octanol–water partition coefficient (Wildman–Crippen LogP) is 2.15. The Hall–Kier alpha value is -0.180. The molecule has 2 nitrogen and oxygen atoms in total. The summed E-state index contributed by atoms with van der Waals surface area (Å²) in [7, 11) is -0.808. The van der Waals surface area contributed by atoms with Crippen molar-refractivity contribution in [1.29, 1.82) is 0 Å². The molecule has 0 N–H and O–H groups in total. The third-order valence-corrected chi connectivity index (χ3v) is 5.08. The van der Waals surface area contributed by atoms with E-state index in [4.69, 9.17) is 0 Å². The molecule has 0 aromatic carbocycles. The fourth-order valence-corrected chi connectivity index (χ4v) is 3.84. The molecule has 0 aromatic rings. The van der Waals surface area contributed by atoms with Gasteiger partial charge >= 0.3 is 0 Å². The number of ketones is 1. The topological polar surface area (TPSA) is 34.1 Å². The largest absolute Gasteiger partial charge is 0.300 e. The van der Waals surface area contributed by atoms with Crippen LogP contribution in [-0.2, 0) is 15.6 Å². The Labute approximate surface area is 88.9 Å². The molecule has 1 fully saturated rings. The van der Waals surface area contributed by atoms with Crippen molar-refractivity contribution in [3.8, 4) is 0 Å². The standard InChI is InChI=1S/C11H20O2S/c1-8(2)7-14(13)11-6-10(12)5-4-9(11)3/h8-9,11H,4-7H2,1-3H3. The summed E-state index contributed by atoms with van der Waals surface area (Å²) < 4.78 is 11.9. The van der Waals surface area contributed by atoms with E-state index >= 15 is 0 Å². The average Bonchev–Trinajstić information content (AvgIpc) is 2.08. The Morgan fingerprint density at radius 1 is 1.50 bits per heavy atom. The van der Waals surface area contributed by atoms with Crippen LogP contribution < -0.4 is 0 Å². The maximum absolute atomic E-state index is 11.9. The molecule has 1 saturated carbocycles. The Morgan fingerprint density at radius 2 is 2.14 bits per heavy atom. The van der Waals surface area contributed by atoms with Gasteiger partial charge in [0.1, 0.15) is 5.78 Å². The summed E-state index contributed by atoms with van der Waals surface area (Å²) in [5.41, 5.74) is 0. The van der Waals surface area contributed by atoms with Gasteiger partial charge in [0.15, 0.2) is 0 Å². The zero-order chi connectivity index (χ0) is 10.7. The predicted molar refractivity (Wildman–Crippen MR) is 59.7 cm³/mol. The highest BCUT2D eigenvalue weighted by Crippen LogP contribution is 2.26. The Balaban J connectivity index is 2.55. The fraction of sp³-hybridized carbons (Fsp3) is 0.909. The smallest absolute Gasteiger partial charge is 0.134 e. The van der Waals surface area contributed by atoms with Crippen molar-refractivity contribution < 1.29 is 9.00 Å². The lowest BCUT2D eigenvalue weighted by molar-refractivity contribution is -0.120. The molecule has 82 valence electrons. The van der Waals surface area contributed by atoms with Crippen LogP contribution in [0.4, 0.5) is 0 Å². The second kappa shape index (κ2) is 5.06. The zero-order valence-corrected chi connectivity index (χ0v) is 10.1. The molecule has 3 heteroatoms. The average molecular weight is 216 g/mol. The molecule has 1 aliphatic rings. The number of Topliss-reactive ketones (excluding diaryl/α,β-unsaturated/α-hetero) is 1. The van der Waals surface area contributed by atoms with Crippen LogP contribution in [0.2, 0.25) is 0 Å². The second-order valence-electron chi connectivity index (χ2n) is 4.74. The molecule has 3 atom stereocenters. The maximum Gasteiger partial charge on any atom is 0.134 e. The molecule has 0 radical (unpaired) electrons. The molecular weight excluding hydrogens is 196 g/mol. The van der Waals surface area contributed by atoms with E-state index in [0.29, 0.717) is 30.5 Å². The first-order valence-corrected chi connectivity index (χ1v) is 6.77. The van der Waals surface area contributed by atoms with Crippen LogP contribution >= 0.6 is 0 Å². The Morgan fingerprint density at radius 3 is 2.71 bits per heavy atom. The van der Waals surface area contributed by atoms with Crippen LogP contribution in [-0.4, -0.2) is 21.0 Å². The number of carbonyl (C=O) groups is 1. The van der Waals surface area contributed by atoms with Gasteiger partial charge in [-0.2, -0.15) is 0 Å². The minimum absolute atomic E-state index is 0.124. The summed E-state index contributed by atoms with van der Waals surface area (Å²) in [4.78, 5) is 11.3. The van der Waals surface area contributed by atoms with E-state index in [1.807, 2.05) is 0 Å². The molecule has 0 saturated heterocycles.